The third-order valence-electron chi connectivity index (χ3n) is 5.13. The Bertz CT molecular complexity index is 1340. The van der Waals surface area contributed by atoms with Gasteiger partial charge in [-0.25, -0.2) is 37.8 Å². The van der Waals surface area contributed by atoms with Crippen molar-refractivity contribution in [3.05, 3.63) is 77.4 Å². The summed E-state index contributed by atoms with van der Waals surface area (Å²) in [5.74, 6) is -1.84. The summed E-state index contributed by atoms with van der Waals surface area (Å²) >= 11 is 0. The van der Waals surface area contributed by atoms with Gasteiger partial charge in [0.1, 0.15) is 23.1 Å². The molecule has 0 fully saturated rings. The van der Waals surface area contributed by atoms with E-state index in [1.165, 1.54) is 24.4 Å². The van der Waals surface area contributed by atoms with Crippen molar-refractivity contribution in [3.63, 3.8) is 0 Å². The van der Waals surface area contributed by atoms with Gasteiger partial charge in [-0.05, 0) is 42.8 Å². The molecule has 160 valence electrons. The van der Waals surface area contributed by atoms with E-state index >= 15 is 0 Å². The Balaban J connectivity index is 1.82. The van der Waals surface area contributed by atoms with Crippen molar-refractivity contribution in [2.45, 2.75) is 13.5 Å². The van der Waals surface area contributed by atoms with Crippen molar-refractivity contribution < 1.29 is 18.0 Å². The highest BCUT2D eigenvalue weighted by molar-refractivity contribution is 6.02. The first-order chi connectivity index (χ1) is 15.4. The molecular weight excluding hydrogens is 421 g/mol. The van der Waals surface area contributed by atoms with Crippen LogP contribution in [0.25, 0.3) is 22.9 Å². The molecular formula is C22H15F3N6O. The van der Waals surface area contributed by atoms with Gasteiger partial charge in [0, 0.05) is 23.5 Å². The first kappa shape index (κ1) is 19.7. The summed E-state index contributed by atoms with van der Waals surface area (Å²) in [5.41, 5.74) is 1.44. The number of hydrogen-bond donors (Lipinski definition) is 2. The lowest BCUT2D eigenvalue weighted by atomic mass is 9.99. The number of aryl methyl sites for hydroxylation is 1. The quantitative estimate of drug-likeness (QED) is 0.491. The van der Waals surface area contributed by atoms with Crippen molar-refractivity contribution in [3.8, 4) is 22.9 Å². The number of para-hydroxylation sites is 1. The lowest BCUT2D eigenvalue weighted by Gasteiger charge is -2.30. The molecule has 4 aromatic rings. The molecule has 1 aliphatic rings. The number of urea groups is 1. The standard InChI is InChI=1S/C22H15F3N6O/c1-11-9-12(23)5-6-13(11)17-14-10-28-22(32)31(18-15(24)3-2-4-16(18)25)21(14)30-20(29-17)19-26-7-8-27-19/h2-9H,10H2,1H3,(H,26,27)(H,28,32). The number of fused-ring (bicyclic) bond motifs is 1. The molecule has 0 bridgehead atoms. The van der Waals surface area contributed by atoms with Crippen LogP contribution >= 0.6 is 0 Å². The van der Waals surface area contributed by atoms with Crippen LogP contribution in [0.4, 0.5) is 29.5 Å². The van der Waals surface area contributed by atoms with E-state index in [9.17, 15) is 18.0 Å². The normalized spacial score (nSPS) is 13.1. The van der Waals surface area contributed by atoms with Crippen LogP contribution < -0.4 is 10.2 Å². The third-order valence-corrected chi connectivity index (χ3v) is 5.13. The van der Waals surface area contributed by atoms with Gasteiger partial charge in [0.05, 0.1) is 12.2 Å². The van der Waals surface area contributed by atoms with Gasteiger partial charge in [0.15, 0.2) is 17.5 Å². The van der Waals surface area contributed by atoms with Gasteiger partial charge >= 0.3 is 6.03 Å². The number of benzene rings is 2. The number of imidazole rings is 1. The smallest absolute Gasteiger partial charge is 0.328 e. The van der Waals surface area contributed by atoms with E-state index in [-0.39, 0.29) is 18.2 Å². The average Bonchev–Trinajstić information content (AvgIpc) is 3.29. The largest absolute Gasteiger partial charge is 0.342 e. The number of aromatic amines is 1. The molecule has 2 N–H and O–H groups in total. The minimum Gasteiger partial charge on any atom is -0.342 e. The van der Waals surface area contributed by atoms with E-state index < -0.39 is 29.2 Å². The predicted octanol–water partition coefficient (Wildman–Crippen LogP) is 4.62. The fraction of sp³-hybridized carbons (Fsp3) is 0.0909. The molecule has 0 unspecified atom stereocenters. The van der Waals surface area contributed by atoms with Gasteiger partial charge in [-0.2, -0.15) is 0 Å². The molecule has 2 amide bonds. The SMILES string of the molecule is Cc1cc(F)ccc1-c1nc(-c2ncc[nH]2)nc2c1CNC(=O)N2c1c(F)cccc1F. The maximum Gasteiger partial charge on any atom is 0.328 e. The number of nitrogens with one attached hydrogen (secondary N) is 2. The van der Waals surface area contributed by atoms with Gasteiger partial charge in [0.2, 0.25) is 0 Å². The Hall–Kier alpha value is -4.21. The maximum absolute atomic E-state index is 14.6. The first-order valence-corrected chi connectivity index (χ1v) is 9.63. The number of H-pyrrole nitrogens is 1. The van der Waals surface area contributed by atoms with Gasteiger partial charge < -0.3 is 10.3 Å². The van der Waals surface area contributed by atoms with Gasteiger partial charge in [-0.3, -0.25) is 0 Å². The molecule has 3 heterocycles. The Morgan fingerprint density at radius 1 is 1.06 bits per heavy atom. The van der Waals surface area contributed by atoms with E-state index in [1.54, 1.807) is 19.2 Å². The number of nitrogens with zero attached hydrogens (tertiary/aromatic N) is 4. The summed E-state index contributed by atoms with van der Waals surface area (Å²) in [6, 6.07) is 6.78. The van der Waals surface area contributed by atoms with Crippen molar-refractivity contribution in [1.82, 2.24) is 25.3 Å². The number of carbonyl (C=O) groups excluding carboxylic acids is 1. The van der Waals surface area contributed by atoms with E-state index in [0.29, 0.717) is 28.2 Å². The van der Waals surface area contributed by atoms with Crippen molar-refractivity contribution >= 4 is 17.5 Å². The van der Waals surface area contributed by atoms with Crippen LogP contribution in [0, 0.1) is 24.4 Å². The predicted molar refractivity (Wildman–Crippen MR) is 110 cm³/mol. The monoisotopic (exact) mass is 436 g/mol. The Kier molecular flexibility index (Phi) is 4.62. The molecule has 0 atom stereocenters. The van der Waals surface area contributed by atoms with Gasteiger partial charge in [-0.15, -0.1) is 0 Å². The molecule has 10 heteroatoms. The first-order valence-electron chi connectivity index (χ1n) is 9.63. The van der Waals surface area contributed by atoms with E-state index in [0.717, 1.165) is 17.0 Å². The molecule has 0 radical (unpaired) electrons. The molecule has 2 aromatic carbocycles. The van der Waals surface area contributed by atoms with Crippen LogP contribution in [0.5, 0.6) is 0 Å². The second kappa shape index (κ2) is 7.49. The Morgan fingerprint density at radius 2 is 1.84 bits per heavy atom. The summed E-state index contributed by atoms with van der Waals surface area (Å²) in [6.07, 6.45) is 3.07. The lowest BCUT2D eigenvalue weighted by Crippen LogP contribution is -2.43. The van der Waals surface area contributed by atoms with Gasteiger partial charge in [0.25, 0.3) is 0 Å². The minimum absolute atomic E-state index is 0.0119. The zero-order chi connectivity index (χ0) is 22.4. The van der Waals surface area contributed by atoms with Crippen LogP contribution in [-0.2, 0) is 6.54 Å². The van der Waals surface area contributed by atoms with Gasteiger partial charge in [-0.1, -0.05) is 6.07 Å². The van der Waals surface area contributed by atoms with Crippen LogP contribution in [0.15, 0.2) is 48.8 Å². The number of carbonyl (C=O) groups is 1. The summed E-state index contributed by atoms with van der Waals surface area (Å²) in [4.78, 5) is 29.7. The average molecular weight is 436 g/mol. The second-order valence-electron chi connectivity index (χ2n) is 7.16. The molecule has 32 heavy (non-hydrogen) atoms. The highest BCUT2D eigenvalue weighted by Crippen LogP contribution is 2.39. The van der Waals surface area contributed by atoms with Crippen molar-refractivity contribution in [2.75, 3.05) is 4.90 Å². The van der Waals surface area contributed by atoms with Crippen molar-refractivity contribution in [2.24, 2.45) is 0 Å². The van der Waals surface area contributed by atoms with Crippen LogP contribution in [0.1, 0.15) is 11.1 Å². The molecule has 1 aliphatic heterocycles. The van der Waals surface area contributed by atoms with Crippen molar-refractivity contribution in [1.29, 1.82) is 0 Å². The van der Waals surface area contributed by atoms with E-state index in [4.69, 9.17) is 0 Å². The molecule has 2 aromatic heterocycles. The summed E-state index contributed by atoms with van der Waals surface area (Å²) in [7, 11) is 0. The number of anilines is 2. The maximum atomic E-state index is 14.6. The number of aromatic nitrogens is 4. The molecule has 0 spiro atoms. The highest BCUT2D eigenvalue weighted by Gasteiger charge is 2.34. The number of amides is 2. The van der Waals surface area contributed by atoms with E-state index in [2.05, 4.69) is 25.3 Å². The molecule has 7 nitrogen and oxygen atoms in total. The minimum atomic E-state index is -0.925. The Labute approximate surface area is 180 Å². The fourth-order valence-corrected chi connectivity index (χ4v) is 3.68. The third kappa shape index (κ3) is 3.16. The highest BCUT2D eigenvalue weighted by atomic mass is 19.1. The second-order valence-corrected chi connectivity index (χ2v) is 7.16. The summed E-state index contributed by atoms with van der Waals surface area (Å²) in [6.45, 7) is 1.74. The number of hydrogen-bond acceptors (Lipinski definition) is 4. The van der Waals surface area contributed by atoms with Crippen LogP contribution in [-0.4, -0.2) is 26.0 Å². The number of halogens is 3. The summed E-state index contributed by atoms with van der Waals surface area (Å²) < 4.78 is 43.0. The topological polar surface area (TPSA) is 86.8 Å². The number of rotatable bonds is 3. The molecule has 0 aliphatic carbocycles. The molecule has 5 rings (SSSR count). The summed E-state index contributed by atoms with van der Waals surface area (Å²) in [5, 5.41) is 2.61. The Morgan fingerprint density at radius 3 is 2.53 bits per heavy atom. The molecule has 0 saturated carbocycles. The lowest BCUT2D eigenvalue weighted by molar-refractivity contribution is 0.246. The van der Waals surface area contributed by atoms with Crippen LogP contribution in [0.3, 0.4) is 0 Å². The van der Waals surface area contributed by atoms with Crippen LogP contribution in [0.2, 0.25) is 0 Å². The van der Waals surface area contributed by atoms with E-state index in [1.807, 2.05) is 0 Å². The zero-order valence-electron chi connectivity index (χ0n) is 16.7. The fourth-order valence-electron chi connectivity index (χ4n) is 3.68. The molecule has 0 saturated heterocycles. The zero-order valence-corrected chi connectivity index (χ0v) is 16.7.